The number of ether oxygens (including phenoxy) is 1. The van der Waals surface area contributed by atoms with Crippen LogP contribution >= 0.6 is 0 Å². The number of Topliss-reactive ketones (excluding diaryl/α,β-unsaturated/α-hetero) is 1. The SMILES string of the molecule is O=C1c2ccccc2CC1CCOCC(F)(F)F. The lowest BCUT2D eigenvalue weighted by molar-refractivity contribution is -0.174. The highest BCUT2D eigenvalue weighted by atomic mass is 19.4. The van der Waals surface area contributed by atoms with Gasteiger partial charge in [0.1, 0.15) is 6.61 Å². The van der Waals surface area contributed by atoms with E-state index in [9.17, 15) is 18.0 Å². The summed E-state index contributed by atoms with van der Waals surface area (Å²) in [7, 11) is 0. The summed E-state index contributed by atoms with van der Waals surface area (Å²) >= 11 is 0. The van der Waals surface area contributed by atoms with Crippen molar-refractivity contribution < 1.29 is 22.7 Å². The summed E-state index contributed by atoms with van der Waals surface area (Å²) in [5.74, 6) is -0.225. The highest BCUT2D eigenvalue weighted by molar-refractivity contribution is 6.02. The Balaban J connectivity index is 1.82. The van der Waals surface area contributed by atoms with Crippen LogP contribution in [0.4, 0.5) is 13.2 Å². The molecule has 1 aromatic rings. The highest BCUT2D eigenvalue weighted by Gasteiger charge is 2.31. The van der Waals surface area contributed by atoms with Crippen molar-refractivity contribution in [2.75, 3.05) is 13.2 Å². The van der Waals surface area contributed by atoms with Crippen LogP contribution in [-0.2, 0) is 11.2 Å². The molecule has 2 rings (SSSR count). The fraction of sp³-hybridized carbons (Fsp3) is 0.462. The molecule has 2 nitrogen and oxygen atoms in total. The minimum atomic E-state index is -4.30. The van der Waals surface area contributed by atoms with Crippen molar-refractivity contribution in [2.24, 2.45) is 5.92 Å². The van der Waals surface area contributed by atoms with E-state index < -0.39 is 12.8 Å². The molecule has 0 aromatic heterocycles. The van der Waals surface area contributed by atoms with Gasteiger partial charge in [-0.2, -0.15) is 13.2 Å². The lowest BCUT2D eigenvalue weighted by atomic mass is 10.0. The zero-order valence-electron chi connectivity index (χ0n) is 9.67. The Morgan fingerprint density at radius 2 is 2.00 bits per heavy atom. The van der Waals surface area contributed by atoms with E-state index in [4.69, 9.17) is 0 Å². The first-order chi connectivity index (χ1) is 8.47. The van der Waals surface area contributed by atoms with Crippen LogP contribution in [0.3, 0.4) is 0 Å². The minimum Gasteiger partial charge on any atom is -0.372 e. The zero-order chi connectivity index (χ0) is 13.2. The summed E-state index contributed by atoms with van der Waals surface area (Å²) in [5.41, 5.74) is 1.67. The topological polar surface area (TPSA) is 26.3 Å². The van der Waals surface area contributed by atoms with E-state index in [2.05, 4.69) is 4.74 Å². The molecule has 0 fully saturated rings. The number of hydrogen-bond acceptors (Lipinski definition) is 2. The van der Waals surface area contributed by atoms with Gasteiger partial charge in [-0.15, -0.1) is 0 Å². The fourth-order valence-corrected chi connectivity index (χ4v) is 2.16. The first-order valence-electron chi connectivity index (χ1n) is 5.74. The van der Waals surface area contributed by atoms with E-state index >= 15 is 0 Å². The van der Waals surface area contributed by atoms with Gasteiger partial charge in [-0.25, -0.2) is 0 Å². The summed E-state index contributed by atoms with van der Waals surface area (Å²) in [4.78, 5) is 11.9. The number of halogens is 3. The largest absolute Gasteiger partial charge is 0.411 e. The summed E-state index contributed by atoms with van der Waals surface area (Å²) in [6.07, 6.45) is -3.36. The summed E-state index contributed by atoms with van der Waals surface area (Å²) in [6, 6.07) is 7.28. The average molecular weight is 258 g/mol. The molecule has 0 spiro atoms. The Kier molecular flexibility index (Phi) is 3.71. The van der Waals surface area contributed by atoms with Crippen LogP contribution in [0.15, 0.2) is 24.3 Å². The second kappa shape index (κ2) is 5.10. The van der Waals surface area contributed by atoms with Gasteiger partial charge in [-0.05, 0) is 18.4 Å². The van der Waals surface area contributed by atoms with Crippen LogP contribution in [0, 0.1) is 5.92 Å². The van der Waals surface area contributed by atoms with Crippen molar-refractivity contribution in [1.82, 2.24) is 0 Å². The summed E-state index contributed by atoms with van der Waals surface area (Å²) in [6.45, 7) is -1.29. The molecule has 0 N–H and O–H groups in total. The molecular formula is C13H13F3O2. The number of carbonyl (C=O) groups is 1. The molecule has 0 radical (unpaired) electrons. The smallest absolute Gasteiger partial charge is 0.372 e. The first-order valence-corrected chi connectivity index (χ1v) is 5.74. The van der Waals surface area contributed by atoms with Gasteiger partial charge in [0, 0.05) is 18.1 Å². The van der Waals surface area contributed by atoms with Crippen LogP contribution in [0.1, 0.15) is 22.3 Å². The molecule has 1 aliphatic carbocycles. The first kappa shape index (κ1) is 13.1. The zero-order valence-corrected chi connectivity index (χ0v) is 9.67. The average Bonchev–Trinajstić information content (AvgIpc) is 2.62. The van der Waals surface area contributed by atoms with E-state index in [-0.39, 0.29) is 18.3 Å². The van der Waals surface area contributed by atoms with Gasteiger partial charge in [0.25, 0.3) is 0 Å². The van der Waals surface area contributed by atoms with Crippen LogP contribution in [0.25, 0.3) is 0 Å². The second-order valence-electron chi connectivity index (χ2n) is 4.38. The van der Waals surface area contributed by atoms with Gasteiger partial charge in [-0.3, -0.25) is 4.79 Å². The summed E-state index contributed by atoms with van der Waals surface area (Å²) < 4.78 is 40.1. The van der Waals surface area contributed by atoms with E-state index in [1.54, 1.807) is 12.1 Å². The lowest BCUT2D eigenvalue weighted by Crippen LogP contribution is -2.19. The molecule has 1 aromatic carbocycles. The van der Waals surface area contributed by atoms with E-state index in [0.29, 0.717) is 18.4 Å². The Labute approximate surface area is 103 Å². The number of benzene rings is 1. The lowest BCUT2D eigenvalue weighted by Gasteiger charge is -2.10. The number of alkyl halides is 3. The van der Waals surface area contributed by atoms with Crippen molar-refractivity contribution in [3.05, 3.63) is 35.4 Å². The van der Waals surface area contributed by atoms with Gasteiger partial charge in [0.05, 0.1) is 0 Å². The summed E-state index contributed by atoms with van der Waals surface area (Å²) in [5, 5.41) is 0. The molecule has 18 heavy (non-hydrogen) atoms. The van der Waals surface area contributed by atoms with Gasteiger partial charge >= 0.3 is 6.18 Å². The molecule has 1 atom stereocenters. The molecule has 5 heteroatoms. The number of rotatable bonds is 4. The Bertz CT molecular complexity index is 440. The highest BCUT2D eigenvalue weighted by Crippen LogP contribution is 2.28. The molecule has 1 unspecified atom stereocenters. The molecule has 0 aliphatic heterocycles. The fourth-order valence-electron chi connectivity index (χ4n) is 2.16. The van der Waals surface area contributed by atoms with Crippen LogP contribution in [0.2, 0.25) is 0 Å². The molecule has 0 saturated heterocycles. The monoisotopic (exact) mass is 258 g/mol. The Morgan fingerprint density at radius 3 is 2.67 bits per heavy atom. The van der Waals surface area contributed by atoms with Crippen molar-refractivity contribution in [2.45, 2.75) is 19.0 Å². The number of hydrogen-bond donors (Lipinski definition) is 0. The molecule has 0 amide bonds. The van der Waals surface area contributed by atoms with Gasteiger partial charge < -0.3 is 4.74 Å². The van der Waals surface area contributed by atoms with Crippen LogP contribution < -0.4 is 0 Å². The Hall–Kier alpha value is -1.36. The maximum atomic E-state index is 11.9. The maximum Gasteiger partial charge on any atom is 0.411 e. The van der Waals surface area contributed by atoms with E-state index in [1.165, 1.54) is 0 Å². The second-order valence-corrected chi connectivity index (χ2v) is 4.38. The maximum absolute atomic E-state index is 11.9. The van der Waals surface area contributed by atoms with Crippen molar-refractivity contribution in [3.8, 4) is 0 Å². The number of ketones is 1. The number of fused-ring (bicyclic) bond motifs is 1. The molecular weight excluding hydrogens is 245 g/mol. The van der Waals surface area contributed by atoms with Crippen LogP contribution in [-0.4, -0.2) is 25.2 Å². The quantitative estimate of drug-likeness (QED) is 0.776. The normalized spacial score (nSPS) is 19.1. The van der Waals surface area contributed by atoms with Gasteiger partial charge in [-0.1, -0.05) is 24.3 Å². The van der Waals surface area contributed by atoms with E-state index in [0.717, 1.165) is 5.56 Å². The Morgan fingerprint density at radius 1 is 1.28 bits per heavy atom. The number of carbonyl (C=O) groups excluding carboxylic acids is 1. The van der Waals surface area contributed by atoms with Crippen molar-refractivity contribution in [3.63, 3.8) is 0 Å². The third-order valence-electron chi connectivity index (χ3n) is 3.00. The standard InChI is InChI=1S/C13H13F3O2/c14-13(15,16)8-18-6-5-10-7-9-3-1-2-4-11(9)12(10)17/h1-4,10H,5-8H2. The van der Waals surface area contributed by atoms with Crippen LogP contribution in [0.5, 0.6) is 0 Å². The minimum absolute atomic E-state index is 0.0150. The van der Waals surface area contributed by atoms with Gasteiger partial charge in [0.2, 0.25) is 0 Å². The molecule has 1 aliphatic rings. The van der Waals surface area contributed by atoms with Crippen molar-refractivity contribution >= 4 is 5.78 Å². The van der Waals surface area contributed by atoms with Crippen molar-refractivity contribution in [1.29, 1.82) is 0 Å². The predicted molar refractivity (Wildman–Crippen MR) is 59.5 cm³/mol. The molecule has 0 saturated carbocycles. The molecule has 98 valence electrons. The van der Waals surface area contributed by atoms with Gasteiger partial charge in [0.15, 0.2) is 5.78 Å². The third kappa shape index (κ3) is 3.10. The predicted octanol–water partition coefficient (Wildman–Crippen LogP) is 3.01. The molecule has 0 bridgehead atoms. The third-order valence-corrected chi connectivity index (χ3v) is 3.00. The van der Waals surface area contributed by atoms with E-state index in [1.807, 2.05) is 12.1 Å². The molecule has 0 heterocycles.